The highest BCUT2D eigenvalue weighted by Crippen LogP contribution is 2.22. The van der Waals surface area contributed by atoms with Crippen molar-refractivity contribution in [1.82, 2.24) is 15.3 Å². The number of hydrogen-bond acceptors (Lipinski definition) is 6. The highest BCUT2D eigenvalue weighted by Gasteiger charge is 2.23. The standard InChI is InChI=1S/C21H24N6O2/c1-2-15-3-5-17(6-4-15)26-21(29)20(28)25-14-16-7-11-27(12-8-16)19-18(13-22)23-9-10-24-19/h3-6,9-10,16H,2,7-8,11-12,14H2,1H3,(H,25,28)(H,26,29). The number of nitrogens with zero attached hydrogens (tertiary/aromatic N) is 4. The Kier molecular flexibility index (Phi) is 6.74. The molecule has 1 aliphatic rings. The second-order valence-corrected chi connectivity index (χ2v) is 6.99. The van der Waals surface area contributed by atoms with E-state index in [4.69, 9.17) is 5.26 Å². The van der Waals surface area contributed by atoms with Crippen molar-refractivity contribution in [2.75, 3.05) is 29.9 Å². The van der Waals surface area contributed by atoms with E-state index < -0.39 is 11.8 Å². The van der Waals surface area contributed by atoms with Crippen LogP contribution in [0.25, 0.3) is 0 Å². The fourth-order valence-corrected chi connectivity index (χ4v) is 3.32. The fraction of sp³-hybridized carbons (Fsp3) is 0.381. The SMILES string of the molecule is CCc1ccc(NC(=O)C(=O)NCC2CCN(c3nccnc3C#N)CC2)cc1. The molecule has 0 radical (unpaired) electrons. The Morgan fingerprint density at radius 3 is 2.48 bits per heavy atom. The van der Waals surface area contributed by atoms with Crippen molar-refractivity contribution in [2.24, 2.45) is 5.92 Å². The van der Waals surface area contributed by atoms with Crippen molar-refractivity contribution >= 4 is 23.3 Å². The Morgan fingerprint density at radius 2 is 1.83 bits per heavy atom. The highest BCUT2D eigenvalue weighted by atomic mass is 16.2. The van der Waals surface area contributed by atoms with Crippen LogP contribution in [0.1, 0.15) is 31.0 Å². The number of anilines is 2. The van der Waals surface area contributed by atoms with Crippen LogP contribution in [0.2, 0.25) is 0 Å². The number of carbonyl (C=O) groups excluding carboxylic acids is 2. The molecule has 2 aromatic rings. The van der Waals surface area contributed by atoms with Gasteiger partial charge < -0.3 is 15.5 Å². The first-order valence-electron chi connectivity index (χ1n) is 9.75. The lowest BCUT2D eigenvalue weighted by Gasteiger charge is -2.32. The summed E-state index contributed by atoms with van der Waals surface area (Å²) >= 11 is 0. The van der Waals surface area contributed by atoms with Crippen molar-refractivity contribution in [1.29, 1.82) is 5.26 Å². The number of piperidine rings is 1. The monoisotopic (exact) mass is 392 g/mol. The number of aryl methyl sites for hydroxylation is 1. The van der Waals surface area contributed by atoms with Crippen LogP contribution in [0.4, 0.5) is 11.5 Å². The summed E-state index contributed by atoms with van der Waals surface area (Å²) in [5.74, 6) is -0.419. The second-order valence-electron chi connectivity index (χ2n) is 6.99. The molecule has 1 aromatic heterocycles. The van der Waals surface area contributed by atoms with E-state index >= 15 is 0 Å². The maximum Gasteiger partial charge on any atom is 0.313 e. The van der Waals surface area contributed by atoms with Gasteiger partial charge in [0.2, 0.25) is 0 Å². The molecular weight excluding hydrogens is 368 g/mol. The van der Waals surface area contributed by atoms with E-state index in [1.165, 1.54) is 11.8 Å². The van der Waals surface area contributed by atoms with Gasteiger partial charge in [-0.05, 0) is 42.9 Å². The summed E-state index contributed by atoms with van der Waals surface area (Å²) in [6.07, 6.45) is 5.68. The highest BCUT2D eigenvalue weighted by molar-refractivity contribution is 6.39. The van der Waals surface area contributed by atoms with Crippen LogP contribution >= 0.6 is 0 Å². The van der Waals surface area contributed by atoms with Crippen LogP contribution in [-0.2, 0) is 16.0 Å². The molecule has 2 amide bonds. The van der Waals surface area contributed by atoms with E-state index in [1.54, 1.807) is 18.3 Å². The van der Waals surface area contributed by atoms with Gasteiger partial charge >= 0.3 is 11.8 Å². The Balaban J connectivity index is 1.44. The van der Waals surface area contributed by atoms with Crippen molar-refractivity contribution in [3.05, 3.63) is 47.9 Å². The summed E-state index contributed by atoms with van der Waals surface area (Å²) in [5, 5.41) is 14.5. The first-order valence-corrected chi connectivity index (χ1v) is 9.75. The largest absolute Gasteiger partial charge is 0.354 e. The minimum atomic E-state index is -0.662. The number of carbonyl (C=O) groups is 2. The molecule has 29 heavy (non-hydrogen) atoms. The number of amides is 2. The third-order valence-electron chi connectivity index (χ3n) is 5.08. The number of aromatic nitrogens is 2. The lowest BCUT2D eigenvalue weighted by Crippen LogP contribution is -2.42. The molecule has 1 saturated heterocycles. The van der Waals surface area contributed by atoms with E-state index in [0.717, 1.165) is 32.4 Å². The molecule has 0 spiro atoms. The minimum Gasteiger partial charge on any atom is -0.354 e. The van der Waals surface area contributed by atoms with E-state index in [1.807, 2.05) is 17.0 Å². The number of nitriles is 1. The molecule has 8 nitrogen and oxygen atoms in total. The Morgan fingerprint density at radius 1 is 1.14 bits per heavy atom. The smallest absolute Gasteiger partial charge is 0.313 e. The van der Waals surface area contributed by atoms with Gasteiger partial charge in [0.1, 0.15) is 6.07 Å². The summed E-state index contributed by atoms with van der Waals surface area (Å²) in [7, 11) is 0. The molecule has 0 aliphatic carbocycles. The van der Waals surface area contributed by atoms with Gasteiger partial charge in [0.25, 0.3) is 0 Å². The van der Waals surface area contributed by atoms with Crippen LogP contribution in [0.15, 0.2) is 36.7 Å². The Bertz CT molecular complexity index is 898. The van der Waals surface area contributed by atoms with Crippen LogP contribution < -0.4 is 15.5 Å². The van der Waals surface area contributed by atoms with E-state index in [0.29, 0.717) is 23.7 Å². The third kappa shape index (κ3) is 5.29. The van der Waals surface area contributed by atoms with Crippen LogP contribution in [0, 0.1) is 17.2 Å². The summed E-state index contributed by atoms with van der Waals surface area (Å²) in [6.45, 7) is 3.95. The quantitative estimate of drug-likeness (QED) is 0.752. The van der Waals surface area contributed by atoms with Crippen LogP contribution in [0.3, 0.4) is 0 Å². The molecule has 0 saturated carbocycles. The minimum absolute atomic E-state index is 0.272. The molecule has 2 N–H and O–H groups in total. The summed E-state index contributed by atoms with van der Waals surface area (Å²) in [4.78, 5) is 34.5. The average Bonchev–Trinajstić information content (AvgIpc) is 2.78. The first kappa shape index (κ1) is 20.3. The van der Waals surface area contributed by atoms with Crippen molar-refractivity contribution in [3.63, 3.8) is 0 Å². The van der Waals surface area contributed by atoms with E-state index in [9.17, 15) is 9.59 Å². The summed E-state index contributed by atoms with van der Waals surface area (Å²) in [5.41, 5.74) is 2.10. The second kappa shape index (κ2) is 9.64. The average molecular weight is 392 g/mol. The lowest BCUT2D eigenvalue weighted by atomic mass is 9.96. The summed E-state index contributed by atoms with van der Waals surface area (Å²) < 4.78 is 0. The van der Waals surface area contributed by atoms with E-state index in [2.05, 4.69) is 33.6 Å². The van der Waals surface area contributed by atoms with Gasteiger partial charge in [-0.1, -0.05) is 19.1 Å². The van der Waals surface area contributed by atoms with Crippen molar-refractivity contribution in [3.8, 4) is 6.07 Å². The molecular formula is C21H24N6O2. The van der Waals surface area contributed by atoms with Crippen molar-refractivity contribution < 1.29 is 9.59 Å². The maximum absolute atomic E-state index is 12.1. The van der Waals surface area contributed by atoms with Gasteiger partial charge in [-0.15, -0.1) is 0 Å². The first-order chi connectivity index (χ1) is 14.1. The number of rotatable bonds is 5. The molecule has 0 bridgehead atoms. The molecule has 0 atom stereocenters. The lowest BCUT2D eigenvalue weighted by molar-refractivity contribution is -0.136. The van der Waals surface area contributed by atoms with Gasteiger partial charge in [0.15, 0.2) is 11.5 Å². The number of benzene rings is 1. The molecule has 8 heteroatoms. The van der Waals surface area contributed by atoms with Gasteiger partial charge in [0.05, 0.1) is 0 Å². The predicted molar refractivity (Wildman–Crippen MR) is 109 cm³/mol. The zero-order chi connectivity index (χ0) is 20.6. The number of nitrogens with one attached hydrogen (secondary N) is 2. The normalized spacial score (nSPS) is 14.1. The molecule has 1 aromatic carbocycles. The van der Waals surface area contributed by atoms with Crippen molar-refractivity contribution in [2.45, 2.75) is 26.2 Å². The van der Waals surface area contributed by atoms with Gasteiger partial charge in [-0.3, -0.25) is 9.59 Å². The van der Waals surface area contributed by atoms with Gasteiger partial charge in [-0.25, -0.2) is 9.97 Å². The zero-order valence-corrected chi connectivity index (χ0v) is 16.4. The molecule has 0 unspecified atom stereocenters. The molecule has 2 heterocycles. The Hall–Kier alpha value is -3.47. The molecule has 1 fully saturated rings. The third-order valence-corrected chi connectivity index (χ3v) is 5.08. The molecule has 150 valence electrons. The van der Waals surface area contributed by atoms with Crippen LogP contribution in [-0.4, -0.2) is 41.4 Å². The zero-order valence-electron chi connectivity index (χ0n) is 16.4. The van der Waals surface area contributed by atoms with Gasteiger partial charge in [0, 0.05) is 37.7 Å². The van der Waals surface area contributed by atoms with Gasteiger partial charge in [-0.2, -0.15) is 5.26 Å². The maximum atomic E-state index is 12.1. The molecule has 1 aliphatic heterocycles. The topological polar surface area (TPSA) is 111 Å². The van der Waals surface area contributed by atoms with E-state index in [-0.39, 0.29) is 5.92 Å². The fourth-order valence-electron chi connectivity index (χ4n) is 3.32. The Labute approximate surface area is 170 Å². The number of hydrogen-bond donors (Lipinski definition) is 2. The predicted octanol–water partition coefficient (Wildman–Crippen LogP) is 1.88. The van der Waals surface area contributed by atoms with Crippen LogP contribution in [0.5, 0.6) is 0 Å². The summed E-state index contributed by atoms with van der Waals surface area (Å²) in [6, 6.07) is 9.51. The molecule has 3 rings (SSSR count).